The fraction of sp³-hybridized carbons (Fsp3) is 0.200. The van der Waals surface area contributed by atoms with E-state index in [1.54, 1.807) is 0 Å². The van der Waals surface area contributed by atoms with E-state index in [9.17, 15) is 0 Å². The van der Waals surface area contributed by atoms with Gasteiger partial charge < -0.3 is 10.7 Å². The lowest BCUT2D eigenvalue weighted by Gasteiger charge is -2.02. The van der Waals surface area contributed by atoms with Crippen LogP contribution >= 0.6 is 0 Å². The minimum atomic E-state index is -0.228. The van der Waals surface area contributed by atoms with E-state index in [1.165, 1.54) is 0 Å². The van der Waals surface area contributed by atoms with Gasteiger partial charge in [0.2, 0.25) is 0 Å². The van der Waals surface area contributed by atoms with Crippen LogP contribution in [0.15, 0.2) is 48.9 Å². The van der Waals surface area contributed by atoms with Gasteiger partial charge in [-0.2, -0.15) is 5.10 Å². The van der Waals surface area contributed by atoms with Crippen LogP contribution in [0.25, 0.3) is 16.9 Å². The van der Waals surface area contributed by atoms with Crippen LogP contribution in [-0.4, -0.2) is 19.7 Å². The highest BCUT2D eigenvalue weighted by molar-refractivity contribution is 5.57. The first-order valence-corrected chi connectivity index (χ1v) is 6.69. The Labute approximate surface area is 116 Å². The SMILES string of the molecule is NC1(c2ncc(-c3cnn(-c4ccccc4)c3)[nH]2)CC1. The number of rotatable bonds is 3. The maximum atomic E-state index is 6.14. The lowest BCUT2D eigenvalue weighted by molar-refractivity contribution is 0.685. The van der Waals surface area contributed by atoms with Gasteiger partial charge in [-0.3, -0.25) is 0 Å². The summed E-state index contributed by atoms with van der Waals surface area (Å²) in [5, 5.41) is 4.39. The molecular weight excluding hydrogens is 250 g/mol. The lowest BCUT2D eigenvalue weighted by atomic mass is 10.2. The first-order chi connectivity index (χ1) is 9.74. The molecule has 1 aromatic carbocycles. The number of H-pyrrole nitrogens is 1. The van der Waals surface area contributed by atoms with Gasteiger partial charge in [0.25, 0.3) is 0 Å². The third-order valence-corrected chi connectivity index (χ3v) is 3.75. The second-order valence-electron chi connectivity index (χ2n) is 5.31. The molecule has 1 saturated carbocycles. The standard InChI is InChI=1S/C15H15N5/c16-15(6-7-15)14-17-9-13(19-14)11-8-18-20(10-11)12-4-2-1-3-5-12/h1-5,8-10H,6-7,16H2,(H,17,19). The number of nitrogens with two attached hydrogens (primary N) is 1. The summed E-state index contributed by atoms with van der Waals surface area (Å²) in [5.41, 5.74) is 8.92. The molecule has 0 bridgehead atoms. The minimum absolute atomic E-state index is 0.228. The third-order valence-electron chi connectivity index (χ3n) is 3.75. The van der Waals surface area contributed by atoms with Gasteiger partial charge in [0.15, 0.2) is 0 Å². The number of nitrogens with zero attached hydrogens (tertiary/aromatic N) is 3. The molecule has 2 heterocycles. The predicted octanol–water partition coefficient (Wildman–Crippen LogP) is 2.21. The van der Waals surface area contributed by atoms with Crippen molar-refractivity contribution in [2.45, 2.75) is 18.4 Å². The van der Waals surface area contributed by atoms with Crippen molar-refractivity contribution < 1.29 is 0 Å². The summed E-state index contributed by atoms with van der Waals surface area (Å²) in [7, 11) is 0. The molecule has 0 atom stereocenters. The summed E-state index contributed by atoms with van der Waals surface area (Å²) in [4.78, 5) is 7.70. The number of aromatic amines is 1. The van der Waals surface area contributed by atoms with Gasteiger partial charge >= 0.3 is 0 Å². The molecule has 100 valence electrons. The number of aromatic nitrogens is 4. The van der Waals surface area contributed by atoms with E-state index >= 15 is 0 Å². The quantitative estimate of drug-likeness (QED) is 0.762. The average Bonchev–Trinajstić information content (AvgIpc) is 2.96. The van der Waals surface area contributed by atoms with Crippen LogP contribution in [0.2, 0.25) is 0 Å². The number of hydrogen-bond donors (Lipinski definition) is 2. The highest BCUT2D eigenvalue weighted by atomic mass is 15.3. The van der Waals surface area contributed by atoms with Crippen LogP contribution in [-0.2, 0) is 5.54 Å². The second kappa shape index (κ2) is 4.05. The highest BCUT2D eigenvalue weighted by Gasteiger charge is 2.42. The summed E-state index contributed by atoms with van der Waals surface area (Å²) in [6.45, 7) is 0. The maximum absolute atomic E-state index is 6.14. The fourth-order valence-electron chi connectivity index (χ4n) is 2.28. The molecule has 3 aromatic rings. The van der Waals surface area contributed by atoms with E-state index in [-0.39, 0.29) is 5.54 Å². The predicted molar refractivity (Wildman–Crippen MR) is 76.2 cm³/mol. The van der Waals surface area contributed by atoms with Crippen molar-refractivity contribution >= 4 is 0 Å². The molecule has 3 N–H and O–H groups in total. The molecule has 1 aliphatic carbocycles. The van der Waals surface area contributed by atoms with Crippen LogP contribution in [0.4, 0.5) is 0 Å². The Kier molecular flexibility index (Phi) is 2.31. The maximum Gasteiger partial charge on any atom is 0.126 e. The molecule has 0 unspecified atom stereocenters. The summed E-state index contributed by atoms with van der Waals surface area (Å²) < 4.78 is 1.85. The minimum Gasteiger partial charge on any atom is -0.340 e. The van der Waals surface area contributed by atoms with Gasteiger partial charge in [-0.1, -0.05) is 18.2 Å². The van der Waals surface area contributed by atoms with Crippen molar-refractivity contribution in [3.63, 3.8) is 0 Å². The Morgan fingerprint density at radius 3 is 2.70 bits per heavy atom. The first-order valence-electron chi connectivity index (χ1n) is 6.69. The summed E-state index contributed by atoms with van der Waals surface area (Å²) in [6.07, 6.45) is 7.66. The molecule has 1 fully saturated rings. The smallest absolute Gasteiger partial charge is 0.126 e. The topological polar surface area (TPSA) is 72.5 Å². The van der Waals surface area contributed by atoms with E-state index in [0.29, 0.717) is 0 Å². The van der Waals surface area contributed by atoms with Crippen molar-refractivity contribution in [1.29, 1.82) is 0 Å². The van der Waals surface area contributed by atoms with Gasteiger partial charge in [0, 0.05) is 11.8 Å². The van der Waals surface area contributed by atoms with Gasteiger partial charge in [-0.25, -0.2) is 9.67 Å². The summed E-state index contributed by atoms with van der Waals surface area (Å²) in [5.74, 6) is 0.875. The van der Waals surface area contributed by atoms with Gasteiger partial charge in [-0.15, -0.1) is 0 Å². The Morgan fingerprint density at radius 1 is 1.15 bits per heavy atom. The molecule has 4 rings (SSSR count). The number of para-hydroxylation sites is 1. The number of hydrogen-bond acceptors (Lipinski definition) is 3. The van der Waals surface area contributed by atoms with E-state index in [0.717, 1.165) is 35.6 Å². The van der Waals surface area contributed by atoms with Crippen LogP contribution in [0.3, 0.4) is 0 Å². The number of imidazole rings is 1. The van der Waals surface area contributed by atoms with Gasteiger partial charge in [-0.05, 0) is 25.0 Å². The molecule has 0 amide bonds. The van der Waals surface area contributed by atoms with Gasteiger partial charge in [0.05, 0.1) is 29.3 Å². The van der Waals surface area contributed by atoms with Crippen LogP contribution in [0.1, 0.15) is 18.7 Å². The molecule has 0 saturated heterocycles. The van der Waals surface area contributed by atoms with Crippen LogP contribution in [0.5, 0.6) is 0 Å². The molecule has 2 aromatic heterocycles. The van der Waals surface area contributed by atoms with E-state index in [1.807, 2.05) is 53.6 Å². The van der Waals surface area contributed by atoms with E-state index < -0.39 is 0 Å². The molecule has 5 heteroatoms. The highest BCUT2D eigenvalue weighted by Crippen LogP contribution is 2.41. The third kappa shape index (κ3) is 1.83. The summed E-state index contributed by atoms with van der Waals surface area (Å²) in [6, 6.07) is 10.0. The molecule has 0 radical (unpaired) electrons. The fourth-order valence-corrected chi connectivity index (χ4v) is 2.28. The number of nitrogens with one attached hydrogen (secondary N) is 1. The Hall–Kier alpha value is -2.40. The van der Waals surface area contributed by atoms with E-state index in [4.69, 9.17) is 5.73 Å². The molecule has 20 heavy (non-hydrogen) atoms. The lowest BCUT2D eigenvalue weighted by Crippen LogP contribution is -2.20. The van der Waals surface area contributed by atoms with E-state index in [2.05, 4.69) is 15.1 Å². The normalized spacial score (nSPS) is 16.2. The molecule has 5 nitrogen and oxygen atoms in total. The van der Waals surface area contributed by atoms with Crippen molar-refractivity contribution in [2.75, 3.05) is 0 Å². The molecular formula is C15H15N5. The Balaban J connectivity index is 1.66. The zero-order valence-corrected chi connectivity index (χ0v) is 11.0. The molecule has 0 aliphatic heterocycles. The van der Waals surface area contributed by atoms with Crippen LogP contribution in [0, 0.1) is 0 Å². The Bertz CT molecular complexity index is 736. The van der Waals surface area contributed by atoms with Crippen molar-refractivity contribution in [1.82, 2.24) is 19.7 Å². The zero-order chi connectivity index (χ0) is 13.6. The zero-order valence-electron chi connectivity index (χ0n) is 11.0. The average molecular weight is 265 g/mol. The van der Waals surface area contributed by atoms with Crippen LogP contribution < -0.4 is 5.73 Å². The Morgan fingerprint density at radius 2 is 1.95 bits per heavy atom. The largest absolute Gasteiger partial charge is 0.340 e. The molecule has 0 spiro atoms. The second-order valence-corrected chi connectivity index (χ2v) is 5.31. The first kappa shape index (κ1) is 11.4. The number of benzene rings is 1. The van der Waals surface area contributed by atoms with Crippen molar-refractivity contribution in [3.8, 4) is 16.9 Å². The molecule has 1 aliphatic rings. The van der Waals surface area contributed by atoms with Gasteiger partial charge in [0.1, 0.15) is 5.82 Å². The van der Waals surface area contributed by atoms with Crippen molar-refractivity contribution in [3.05, 3.63) is 54.7 Å². The summed E-state index contributed by atoms with van der Waals surface area (Å²) >= 11 is 0. The van der Waals surface area contributed by atoms with Crippen molar-refractivity contribution in [2.24, 2.45) is 5.73 Å². The monoisotopic (exact) mass is 265 g/mol.